The second-order valence-corrected chi connectivity index (χ2v) is 5.38. The molecule has 0 spiro atoms. The highest BCUT2D eigenvalue weighted by Crippen LogP contribution is 2.34. The number of ether oxygens (including phenoxy) is 1. The second-order valence-electron chi connectivity index (χ2n) is 4.97. The number of carbonyl (C=O) groups is 2. The van der Waals surface area contributed by atoms with Gasteiger partial charge in [0.15, 0.2) is 6.61 Å². The summed E-state index contributed by atoms with van der Waals surface area (Å²) in [6, 6.07) is 8.84. The van der Waals surface area contributed by atoms with Gasteiger partial charge < -0.3 is 15.0 Å². The van der Waals surface area contributed by atoms with E-state index in [1.807, 2.05) is 0 Å². The van der Waals surface area contributed by atoms with E-state index in [9.17, 15) is 14.0 Å². The summed E-state index contributed by atoms with van der Waals surface area (Å²) < 4.78 is 19.1. The average Bonchev–Trinajstić information content (AvgIpc) is 2.51. The van der Waals surface area contributed by atoms with Crippen LogP contribution in [0.25, 0.3) is 0 Å². The van der Waals surface area contributed by atoms with E-state index in [-0.39, 0.29) is 23.1 Å². The lowest BCUT2D eigenvalue weighted by Crippen LogP contribution is -2.35. The third kappa shape index (κ3) is 2.85. The number of hydrogen-bond donors (Lipinski definition) is 1. The van der Waals surface area contributed by atoms with E-state index >= 15 is 0 Å². The number of anilines is 2. The average molecular weight is 335 g/mol. The summed E-state index contributed by atoms with van der Waals surface area (Å²) in [5.74, 6) is -1.03. The molecule has 7 heteroatoms. The van der Waals surface area contributed by atoms with Crippen LogP contribution in [0.15, 0.2) is 36.4 Å². The van der Waals surface area contributed by atoms with Gasteiger partial charge in [0.1, 0.15) is 11.6 Å². The third-order valence-electron chi connectivity index (χ3n) is 3.49. The van der Waals surface area contributed by atoms with Crippen molar-refractivity contribution in [1.29, 1.82) is 0 Å². The monoisotopic (exact) mass is 334 g/mol. The molecular formula is C16H12ClFN2O3. The molecule has 0 bridgehead atoms. The van der Waals surface area contributed by atoms with Gasteiger partial charge in [-0.2, -0.15) is 0 Å². The Kier molecular flexibility index (Phi) is 3.92. The standard InChI is InChI=1S/C16H12ClFN2O3/c1-20-12-7-9(5-6-13(12)23-8-14(20)21)19-16(22)15-10(17)3-2-4-11(15)18/h2-7H,8H2,1H3,(H,19,22). The highest BCUT2D eigenvalue weighted by atomic mass is 35.5. The Bertz CT molecular complexity index is 790. The van der Waals surface area contributed by atoms with Crippen molar-refractivity contribution in [3.8, 4) is 5.75 Å². The van der Waals surface area contributed by atoms with Gasteiger partial charge in [-0.15, -0.1) is 0 Å². The van der Waals surface area contributed by atoms with Crippen LogP contribution >= 0.6 is 11.6 Å². The lowest BCUT2D eigenvalue weighted by molar-refractivity contribution is -0.120. The summed E-state index contributed by atoms with van der Waals surface area (Å²) in [5, 5.41) is 2.59. The Hall–Kier alpha value is -2.60. The van der Waals surface area contributed by atoms with Crippen molar-refractivity contribution < 1.29 is 18.7 Å². The van der Waals surface area contributed by atoms with Gasteiger partial charge in [-0.25, -0.2) is 4.39 Å². The molecule has 1 heterocycles. The smallest absolute Gasteiger partial charge is 0.264 e. The van der Waals surface area contributed by atoms with Gasteiger partial charge in [0.2, 0.25) is 0 Å². The number of rotatable bonds is 2. The molecule has 1 aliphatic rings. The minimum absolute atomic E-state index is 0.0242. The third-order valence-corrected chi connectivity index (χ3v) is 3.81. The molecule has 0 saturated carbocycles. The highest BCUT2D eigenvalue weighted by molar-refractivity contribution is 6.34. The lowest BCUT2D eigenvalue weighted by Gasteiger charge is -2.26. The molecule has 0 saturated heterocycles. The van der Waals surface area contributed by atoms with E-state index in [0.29, 0.717) is 17.1 Å². The van der Waals surface area contributed by atoms with Crippen molar-refractivity contribution in [3.05, 3.63) is 52.8 Å². The fraction of sp³-hybridized carbons (Fsp3) is 0.125. The van der Waals surface area contributed by atoms with Gasteiger partial charge in [0, 0.05) is 12.7 Å². The first-order valence-electron chi connectivity index (χ1n) is 6.76. The summed E-state index contributed by atoms with van der Waals surface area (Å²) in [5.41, 5.74) is 0.699. The summed E-state index contributed by atoms with van der Waals surface area (Å²) >= 11 is 5.87. The molecule has 2 aromatic rings. The molecule has 0 unspecified atom stereocenters. The fourth-order valence-corrected chi connectivity index (χ4v) is 2.51. The van der Waals surface area contributed by atoms with E-state index in [1.54, 1.807) is 25.2 Å². The quantitative estimate of drug-likeness (QED) is 0.918. The predicted octanol–water partition coefficient (Wildman–Crippen LogP) is 3.09. The molecular weight excluding hydrogens is 323 g/mol. The molecule has 0 radical (unpaired) electrons. The molecule has 0 aromatic heterocycles. The highest BCUT2D eigenvalue weighted by Gasteiger charge is 2.23. The number of likely N-dealkylation sites (N-methyl/N-ethyl adjacent to an activating group) is 1. The Morgan fingerprint density at radius 3 is 2.87 bits per heavy atom. The van der Waals surface area contributed by atoms with E-state index < -0.39 is 11.7 Å². The molecule has 23 heavy (non-hydrogen) atoms. The van der Waals surface area contributed by atoms with Gasteiger partial charge in [-0.1, -0.05) is 17.7 Å². The molecule has 3 rings (SSSR count). The van der Waals surface area contributed by atoms with Crippen molar-refractivity contribution in [1.82, 2.24) is 0 Å². The van der Waals surface area contributed by atoms with Crippen LogP contribution in [-0.4, -0.2) is 25.5 Å². The van der Waals surface area contributed by atoms with Crippen LogP contribution in [0.5, 0.6) is 5.75 Å². The van der Waals surface area contributed by atoms with E-state index in [1.165, 1.54) is 17.0 Å². The maximum atomic E-state index is 13.8. The lowest BCUT2D eigenvalue weighted by atomic mass is 10.1. The van der Waals surface area contributed by atoms with Crippen molar-refractivity contribution in [2.24, 2.45) is 0 Å². The minimum atomic E-state index is -0.705. The number of nitrogens with zero attached hydrogens (tertiary/aromatic N) is 1. The zero-order valence-corrected chi connectivity index (χ0v) is 12.9. The molecule has 5 nitrogen and oxygen atoms in total. The first kappa shape index (κ1) is 15.3. The van der Waals surface area contributed by atoms with Crippen LogP contribution in [0.3, 0.4) is 0 Å². The number of halogens is 2. The first-order chi connectivity index (χ1) is 11.0. The summed E-state index contributed by atoms with van der Waals surface area (Å²) in [4.78, 5) is 25.3. The molecule has 1 aliphatic heterocycles. The van der Waals surface area contributed by atoms with Crippen LogP contribution < -0.4 is 15.0 Å². The largest absolute Gasteiger partial charge is 0.482 e. The van der Waals surface area contributed by atoms with Crippen LogP contribution in [0.2, 0.25) is 5.02 Å². The maximum Gasteiger partial charge on any atom is 0.264 e. The number of benzene rings is 2. The van der Waals surface area contributed by atoms with Crippen molar-refractivity contribution in [2.45, 2.75) is 0 Å². The van der Waals surface area contributed by atoms with E-state index in [0.717, 1.165) is 6.07 Å². The van der Waals surface area contributed by atoms with Crippen LogP contribution in [-0.2, 0) is 4.79 Å². The van der Waals surface area contributed by atoms with Crippen molar-refractivity contribution >= 4 is 34.8 Å². The Morgan fingerprint density at radius 1 is 1.35 bits per heavy atom. The van der Waals surface area contributed by atoms with E-state index in [2.05, 4.69) is 5.32 Å². The van der Waals surface area contributed by atoms with Gasteiger partial charge in [-0.3, -0.25) is 9.59 Å². The number of hydrogen-bond acceptors (Lipinski definition) is 3. The predicted molar refractivity (Wildman–Crippen MR) is 84.7 cm³/mol. The summed E-state index contributed by atoms with van der Waals surface area (Å²) in [6.45, 7) is -0.0277. The molecule has 2 aromatic carbocycles. The number of carbonyl (C=O) groups excluding carboxylic acids is 2. The van der Waals surface area contributed by atoms with Gasteiger partial charge in [-0.05, 0) is 30.3 Å². The first-order valence-corrected chi connectivity index (χ1v) is 7.14. The van der Waals surface area contributed by atoms with Gasteiger partial charge >= 0.3 is 0 Å². The molecule has 2 amide bonds. The van der Waals surface area contributed by atoms with Crippen LogP contribution in [0.1, 0.15) is 10.4 Å². The normalized spacial score (nSPS) is 13.3. The second kappa shape index (κ2) is 5.89. The summed E-state index contributed by atoms with van der Waals surface area (Å²) in [7, 11) is 1.61. The molecule has 1 N–H and O–H groups in total. The fourth-order valence-electron chi connectivity index (χ4n) is 2.26. The SMILES string of the molecule is CN1C(=O)COc2ccc(NC(=O)c3c(F)cccc3Cl)cc21. The zero-order valence-electron chi connectivity index (χ0n) is 12.1. The topological polar surface area (TPSA) is 58.6 Å². The van der Waals surface area contributed by atoms with Gasteiger partial charge in [0.05, 0.1) is 16.3 Å². The van der Waals surface area contributed by atoms with Gasteiger partial charge in [0.25, 0.3) is 11.8 Å². The maximum absolute atomic E-state index is 13.8. The molecule has 0 aliphatic carbocycles. The van der Waals surface area contributed by atoms with Crippen molar-refractivity contribution in [2.75, 3.05) is 23.9 Å². The number of nitrogens with one attached hydrogen (secondary N) is 1. The summed E-state index contributed by atoms with van der Waals surface area (Å²) in [6.07, 6.45) is 0. The Morgan fingerprint density at radius 2 is 2.13 bits per heavy atom. The Balaban J connectivity index is 1.89. The molecule has 0 atom stereocenters. The van der Waals surface area contributed by atoms with Crippen molar-refractivity contribution in [3.63, 3.8) is 0 Å². The van der Waals surface area contributed by atoms with E-state index in [4.69, 9.17) is 16.3 Å². The minimum Gasteiger partial charge on any atom is -0.482 e. The number of fused-ring (bicyclic) bond motifs is 1. The van der Waals surface area contributed by atoms with Crippen LogP contribution in [0.4, 0.5) is 15.8 Å². The zero-order chi connectivity index (χ0) is 16.6. The molecule has 118 valence electrons. The van der Waals surface area contributed by atoms with Crippen LogP contribution in [0, 0.1) is 5.82 Å². The molecule has 0 fully saturated rings. The number of amides is 2. The Labute approximate surface area is 136 Å².